The summed E-state index contributed by atoms with van der Waals surface area (Å²) in [4.78, 5) is 0. The van der Waals surface area contributed by atoms with Crippen molar-refractivity contribution in [3.05, 3.63) is 66.2 Å². The highest BCUT2D eigenvalue weighted by atomic mass is 16.5. The van der Waals surface area contributed by atoms with E-state index in [-0.39, 0.29) is 0 Å². The van der Waals surface area contributed by atoms with Crippen molar-refractivity contribution in [2.24, 2.45) is 0 Å². The molecule has 1 atom stereocenters. The highest BCUT2D eigenvalue weighted by Crippen LogP contribution is 2.38. The number of allylic oxidation sites excluding steroid dienone is 2. The third-order valence-corrected chi connectivity index (χ3v) is 3.87. The van der Waals surface area contributed by atoms with Gasteiger partial charge in [-0.3, -0.25) is 0 Å². The zero-order valence-corrected chi connectivity index (χ0v) is 12.4. The van der Waals surface area contributed by atoms with Crippen molar-refractivity contribution >= 4 is 11.4 Å². The van der Waals surface area contributed by atoms with Crippen LogP contribution in [0.15, 0.2) is 60.7 Å². The Hall–Kier alpha value is -2.22. The third-order valence-electron chi connectivity index (χ3n) is 3.87. The molecule has 1 N–H and O–H groups in total. The molecule has 2 heteroatoms. The number of para-hydroxylation sites is 1. The van der Waals surface area contributed by atoms with Crippen LogP contribution < -0.4 is 10.1 Å². The van der Waals surface area contributed by atoms with E-state index in [2.05, 4.69) is 54.7 Å². The Morgan fingerprint density at radius 2 is 2.00 bits per heavy atom. The van der Waals surface area contributed by atoms with Crippen LogP contribution in [0, 0.1) is 0 Å². The van der Waals surface area contributed by atoms with E-state index in [9.17, 15) is 0 Å². The molecule has 2 aromatic carbocycles. The molecule has 1 aliphatic heterocycles. The van der Waals surface area contributed by atoms with Crippen molar-refractivity contribution in [1.29, 1.82) is 0 Å². The van der Waals surface area contributed by atoms with Gasteiger partial charge in [0.05, 0.1) is 6.61 Å². The maximum absolute atomic E-state index is 5.86. The first-order valence-electron chi connectivity index (χ1n) is 7.57. The lowest BCUT2D eigenvalue weighted by atomic mass is 9.96. The van der Waals surface area contributed by atoms with Crippen LogP contribution in [0.1, 0.15) is 31.2 Å². The molecule has 1 heterocycles. The predicted molar refractivity (Wildman–Crippen MR) is 88.5 cm³/mol. The smallest absolute Gasteiger partial charge is 0.124 e. The van der Waals surface area contributed by atoms with E-state index in [0.717, 1.165) is 36.6 Å². The van der Waals surface area contributed by atoms with Gasteiger partial charge in [-0.05, 0) is 38.0 Å². The summed E-state index contributed by atoms with van der Waals surface area (Å²) in [6.07, 6.45) is 6.61. The minimum absolute atomic E-state index is 0.530. The number of rotatable bonds is 5. The van der Waals surface area contributed by atoms with Gasteiger partial charge in [0, 0.05) is 28.9 Å². The monoisotopic (exact) mass is 279 g/mol. The molecular weight excluding hydrogens is 258 g/mol. The molecule has 0 radical (unpaired) electrons. The van der Waals surface area contributed by atoms with Crippen molar-refractivity contribution in [2.75, 3.05) is 11.9 Å². The van der Waals surface area contributed by atoms with Gasteiger partial charge in [0.25, 0.3) is 0 Å². The first-order chi connectivity index (χ1) is 10.4. The fourth-order valence-corrected chi connectivity index (χ4v) is 2.75. The average Bonchev–Trinajstić information content (AvgIpc) is 2.91. The Labute approximate surface area is 126 Å². The number of fused-ring (bicyclic) bond motifs is 1. The Morgan fingerprint density at radius 3 is 2.81 bits per heavy atom. The molecule has 0 amide bonds. The van der Waals surface area contributed by atoms with Crippen LogP contribution in [-0.2, 0) is 0 Å². The van der Waals surface area contributed by atoms with E-state index in [4.69, 9.17) is 4.74 Å². The fourth-order valence-electron chi connectivity index (χ4n) is 2.75. The van der Waals surface area contributed by atoms with Gasteiger partial charge in [-0.25, -0.2) is 0 Å². The second-order valence-electron chi connectivity index (χ2n) is 5.40. The van der Waals surface area contributed by atoms with Gasteiger partial charge in [-0.15, -0.1) is 0 Å². The lowest BCUT2D eigenvalue weighted by Crippen LogP contribution is -1.99. The minimum atomic E-state index is 0.530. The van der Waals surface area contributed by atoms with Gasteiger partial charge in [0.2, 0.25) is 0 Å². The van der Waals surface area contributed by atoms with E-state index < -0.39 is 0 Å². The van der Waals surface area contributed by atoms with Crippen molar-refractivity contribution in [1.82, 2.24) is 0 Å². The lowest BCUT2D eigenvalue weighted by Gasteiger charge is -2.09. The Bertz CT molecular complexity index is 619. The SMILES string of the molecule is C/C=C\CC[C@H]1COc2cc(Nc3ccccc3)ccc21. The van der Waals surface area contributed by atoms with E-state index in [0.29, 0.717) is 5.92 Å². The molecule has 2 nitrogen and oxygen atoms in total. The molecule has 2 aromatic rings. The number of benzene rings is 2. The first-order valence-corrected chi connectivity index (χ1v) is 7.57. The van der Waals surface area contributed by atoms with Gasteiger partial charge < -0.3 is 10.1 Å². The molecule has 0 bridgehead atoms. The van der Waals surface area contributed by atoms with Crippen molar-refractivity contribution < 1.29 is 4.74 Å². The second-order valence-corrected chi connectivity index (χ2v) is 5.40. The molecule has 0 saturated carbocycles. The zero-order valence-electron chi connectivity index (χ0n) is 12.4. The second kappa shape index (κ2) is 6.49. The molecule has 108 valence electrons. The first kappa shape index (κ1) is 13.7. The molecule has 1 aliphatic rings. The molecule has 0 aliphatic carbocycles. The Balaban J connectivity index is 1.71. The number of hydrogen-bond donors (Lipinski definition) is 1. The number of anilines is 2. The molecular formula is C19H21NO. The average molecular weight is 279 g/mol. The fraction of sp³-hybridized carbons (Fsp3) is 0.263. The minimum Gasteiger partial charge on any atom is -0.493 e. The Kier molecular flexibility index (Phi) is 4.25. The number of nitrogens with one attached hydrogen (secondary N) is 1. The molecule has 0 saturated heterocycles. The van der Waals surface area contributed by atoms with Gasteiger partial charge in [-0.2, -0.15) is 0 Å². The number of hydrogen-bond acceptors (Lipinski definition) is 2. The summed E-state index contributed by atoms with van der Waals surface area (Å²) in [5.41, 5.74) is 3.52. The van der Waals surface area contributed by atoms with E-state index in [1.807, 2.05) is 18.2 Å². The van der Waals surface area contributed by atoms with Crippen molar-refractivity contribution in [2.45, 2.75) is 25.7 Å². The number of ether oxygens (including phenoxy) is 1. The van der Waals surface area contributed by atoms with Gasteiger partial charge in [0.1, 0.15) is 5.75 Å². The van der Waals surface area contributed by atoms with Crippen LogP contribution in [0.4, 0.5) is 11.4 Å². The normalized spacial score (nSPS) is 16.7. The largest absolute Gasteiger partial charge is 0.493 e. The molecule has 21 heavy (non-hydrogen) atoms. The predicted octanol–water partition coefficient (Wildman–Crippen LogP) is 5.26. The molecule has 0 spiro atoms. The van der Waals surface area contributed by atoms with Crippen molar-refractivity contribution in [3.63, 3.8) is 0 Å². The van der Waals surface area contributed by atoms with Crippen LogP contribution in [-0.4, -0.2) is 6.61 Å². The Morgan fingerprint density at radius 1 is 1.14 bits per heavy atom. The molecule has 3 rings (SSSR count). The third kappa shape index (κ3) is 3.27. The maximum Gasteiger partial charge on any atom is 0.124 e. The summed E-state index contributed by atoms with van der Waals surface area (Å²) >= 11 is 0. The molecule has 0 aromatic heterocycles. The van der Waals surface area contributed by atoms with Crippen LogP contribution in [0.2, 0.25) is 0 Å². The van der Waals surface area contributed by atoms with E-state index in [1.54, 1.807) is 0 Å². The summed E-state index contributed by atoms with van der Waals surface area (Å²) in [5, 5.41) is 3.41. The van der Waals surface area contributed by atoms with E-state index in [1.165, 1.54) is 5.56 Å². The maximum atomic E-state index is 5.86. The molecule has 0 fully saturated rings. The summed E-state index contributed by atoms with van der Waals surface area (Å²) < 4.78 is 5.86. The standard InChI is InChI=1S/C19H21NO/c1-2-3-5-8-15-14-21-19-13-17(11-12-18(15)19)20-16-9-6-4-7-10-16/h2-4,6-7,9-13,15,20H,5,8,14H2,1H3/b3-2-/t15-/m0/s1. The van der Waals surface area contributed by atoms with Crippen LogP contribution in [0.3, 0.4) is 0 Å². The highest BCUT2D eigenvalue weighted by molar-refractivity contribution is 5.63. The quantitative estimate of drug-likeness (QED) is 0.753. The van der Waals surface area contributed by atoms with Gasteiger partial charge in [0.15, 0.2) is 0 Å². The van der Waals surface area contributed by atoms with Crippen LogP contribution >= 0.6 is 0 Å². The van der Waals surface area contributed by atoms with Crippen LogP contribution in [0.5, 0.6) is 5.75 Å². The van der Waals surface area contributed by atoms with Crippen molar-refractivity contribution in [3.8, 4) is 5.75 Å². The zero-order chi connectivity index (χ0) is 14.5. The lowest BCUT2D eigenvalue weighted by molar-refractivity contribution is 0.326. The van der Waals surface area contributed by atoms with Crippen LogP contribution in [0.25, 0.3) is 0 Å². The van der Waals surface area contributed by atoms with Gasteiger partial charge >= 0.3 is 0 Å². The summed E-state index contributed by atoms with van der Waals surface area (Å²) in [6, 6.07) is 16.7. The summed E-state index contributed by atoms with van der Waals surface area (Å²) in [5.74, 6) is 1.56. The molecule has 0 unspecified atom stereocenters. The topological polar surface area (TPSA) is 21.3 Å². The van der Waals surface area contributed by atoms with E-state index >= 15 is 0 Å². The summed E-state index contributed by atoms with van der Waals surface area (Å²) in [6.45, 7) is 2.88. The van der Waals surface area contributed by atoms with Gasteiger partial charge in [-0.1, -0.05) is 36.4 Å². The summed E-state index contributed by atoms with van der Waals surface area (Å²) in [7, 11) is 0. The highest BCUT2D eigenvalue weighted by Gasteiger charge is 2.23.